The van der Waals surface area contributed by atoms with E-state index in [9.17, 15) is 4.79 Å². The first kappa shape index (κ1) is 12.3. The molecule has 0 aromatic rings. The molecule has 1 N–H and O–H groups in total. The van der Waals surface area contributed by atoms with Crippen LogP contribution in [0.2, 0.25) is 0 Å². The van der Waals surface area contributed by atoms with E-state index in [2.05, 4.69) is 19.2 Å². The first-order valence-electron chi connectivity index (χ1n) is 3.91. The molecule has 0 aliphatic carbocycles. The minimum Gasteiger partial charge on any atom is -0.320 e. The van der Waals surface area contributed by atoms with Gasteiger partial charge in [-0.25, -0.2) is 0 Å². The number of rotatable bonds is 4. The Labute approximate surface area is 64.0 Å². The van der Waals surface area contributed by atoms with Gasteiger partial charge in [0.05, 0.1) is 0 Å². The first-order valence-corrected chi connectivity index (χ1v) is 3.91. The maximum absolute atomic E-state index is 9.65. The van der Waals surface area contributed by atoms with Crippen LogP contribution in [-0.4, -0.2) is 19.9 Å². The first-order chi connectivity index (χ1) is 4.83. The third-order valence-electron chi connectivity index (χ3n) is 0.749. The number of hydrogen-bond acceptors (Lipinski definition) is 2. The fourth-order valence-electron chi connectivity index (χ4n) is 0.362. The normalized spacial score (nSPS) is 7.90. The Morgan fingerprint density at radius 2 is 1.90 bits per heavy atom. The van der Waals surface area contributed by atoms with Crippen LogP contribution in [0.25, 0.3) is 0 Å². The lowest BCUT2D eigenvalue weighted by Gasteiger charge is -1.89. The summed E-state index contributed by atoms with van der Waals surface area (Å²) < 4.78 is 0. The van der Waals surface area contributed by atoms with Gasteiger partial charge in [0.15, 0.2) is 0 Å². The molecule has 0 aliphatic rings. The van der Waals surface area contributed by atoms with E-state index in [-0.39, 0.29) is 0 Å². The molecule has 0 aromatic carbocycles. The van der Waals surface area contributed by atoms with Crippen molar-refractivity contribution in [2.75, 3.05) is 13.6 Å². The van der Waals surface area contributed by atoms with Gasteiger partial charge in [-0.1, -0.05) is 20.3 Å². The average molecular weight is 145 g/mol. The largest absolute Gasteiger partial charge is 0.320 e. The highest BCUT2D eigenvalue weighted by Crippen LogP contribution is 1.77. The summed E-state index contributed by atoms with van der Waals surface area (Å²) in [6.07, 6.45) is 3.83. The van der Waals surface area contributed by atoms with E-state index in [0.717, 1.165) is 19.3 Å². The van der Waals surface area contributed by atoms with Gasteiger partial charge in [0.2, 0.25) is 0 Å². The van der Waals surface area contributed by atoms with Gasteiger partial charge in [-0.15, -0.1) is 0 Å². The van der Waals surface area contributed by atoms with Gasteiger partial charge in [-0.2, -0.15) is 0 Å². The van der Waals surface area contributed by atoms with Crippen molar-refractivity contribution >= 4 is 6.29 Å². The molecule has 0 fully saturated rings. The van der Waals surface area contributed by atoms with Gasteiger partial charge in [-0.05, 0) is 20.0 Å². The summed E-state index contributed by atoms with van der Waals surface area (Å²) in [5, 5.41) is 2.94. The van der Waals surface area contributed by atoms with Gasteiger partial charge >= 0.3 is 0 Å². The molecular weight excluding hydrogens is 126 g/mol. The number of hydrogen-bond donors (Lipinski definition) is 1. The molecule has 10 heavy (non-hydrogen) atoms. The monoisotopic (exact) mass is 145 g/mol. The standard InChI is InChI=1S/C5H11NO.C3H8/c1-6-4-2-3-5-7;1-3-2/h5-6H,2-4H2,1H3;3H2,1-2H3. The van der Waals surface area contributed by atoms with Gasteiger partial charge in [0, 0.05) is 6.42 Å². The van der Waals surface area contributed by atoms with Crippen LogP contribution >= 0.6 is 0 Å². The molecular formula is C8H19NO. The third-order valence-corrected chi connectivity index (χ3v) is 0.749. The van der Waals surface area contributed by atoms with E-state index in [4.69, 9.17) is 0 Å². The van der Waals surface area contributed by atoms with E-state index < -0.39 is 0 Å². The summed E-state index contributed by atoms with van der Waals surface area (Å²) >= 11 is 0. The maximum Gasteiger partial charge on any atom is 0.120 e. The quantitative estimate of drug-likeness (QED) is 0.481. The van der Waals surface area contributed by atoms with E-state index in [1.54, 1.807) is 0 Å². The summed E-state index contributed by atoms with van der Waals surface area (Å²) in [4.78, 5) is 9.65. The molecule has 0 aliphatic heterocycles. The molecule has 0 rings (SSSR count). The molecule has 0 radical (unpaired) electrons. The van der Waals surface area contributed by atoms with Crippen molar-refractivity contribution in [2.24, 2.45) is 0 Å². The van der Waals surface area contributed by atoms with Crippen molar-refractivity contribution in [3.8, 4) is 0 Å². The Hall–Kier alpha value is -0.370. The number of unbranched alkanes of at least 4 members (excludes halogenated alkanes) is 1. The lowest BCUT2D eigenvalue weighted by atomic mass is 10.3. The van der Waals surface area contributed by atoms with Gasteiger partial charge in [0.1, 0.15) is 6.29 Å². The predicted molar refractivity (Wildman–Crippen MR) is 45.2 cm³/mol. The van der Waals surface area contributed by atoms with Gasteiger partial charge in [-0.3, -0.25) is 0 Å². The molecule has 0 spiro atoms. The van der Waals surface area contributed by atoms with Crippen molar-refractivity contribution in [2.45, 2.75) is 33.1 Å². The second kappa shape index (κ2) is 15.9. The lowest BCUT2D eigenvalue weighted by Crippen LogP contribution is -2.06. The average Bonchev–Trinajstić information content (AvgIpc) is 1.91. The van der Waals surface area contributed by atoms with E-state index in [0.29, 0.717) is 6.42 Å². The Kier molecular flexibility index (Phi) is 19.5. The summed E-state index contributed by atoms with van der Waals surface area (Å²) in [6, 6.07) is 0. The number of carbonyl (C=O) groups excluding carboxylic acids is 1. The highest BCUT2D eigenvalue weighted by molar-refractivity contribution is 5.48. The zero-order valence-electron chi connectivity index (χ0n) is 7.31. The topological polar surface area (TPSA) is 29.1 Å². The molecule has 0 atom stereocenters. The molecule has 0 saturated heterocycles. The van der Waals surface area contributed by atoms with Crippen molar-refractivity contribution < 1.29 is 4.79 Å². The molecule has 62 valence electrons. The van der Waals surface area contributed by atoms with Crippen LogP contribution < -0.4 is 5.32 Å². The fraction of sp³-hybridized carbons (Fsp3) is 0.875. The van der Waals surface area contributed by atoms with Crippen LogP contribution in [0.5, 0.6) is 0 Å². The molecule has 0 heterocycles. The molecule has 0 unspecified atom stereocenters. The zero-order valence-corrected chi connectivity index (χ0v) is 7.31. The van der Waals surface area contributed by atoms with Crippen LogP contribution in [0.3, 0.4) is 0 Å². The highest BCUT2D eigenvalue weighted by atomic mass is 16.1. The molecule has 0 aromatic heterocycles. The van der Waals surface area contributed by atoms with Crippen LogP contribution in [0.15, 0.2) is 0 Å². The predicted octanol–water partition coefficient (Wildman–Crippen LogP) is 1.60. The van der Waals surface area contributed by atoms with E-state index in [1.807, 2.05) is 7.05 Å². The summed E-state index contributed by atoms with van der Waals surface area (Å²) in [5.41, 5.74) is 0. The van der Waals surface area contributed by atoms with Crippen molar-refractivity contribution in [1.82, 2.24) is 5.32 Å². The molecule has 0 bridgehead atoms. The second-order valence-electron chi connectivity index (χ2n) is 2.12. The van der Waals surface area contributed by atoms with Crippen molar-refractivity contribution in [3.63, 3.8) is 0 Å². The van der Waals surface area contributed by atoms with Crippen LogP contribution in [0.4, 0.5) is 0 Å². The molecule has 2 heteroatoms. The SMILES string of the molecule is CCC.CNCCCC=O. The van der Waals surface area contributed by atoms with Gasteiger partial charge < -0.3 is 10.1 Å². The van der Waals surface area contributed by atoms with Crippen LogP contribution in [0.1, 0.15) is 33.1 Å². The maximum atomic E-state index is 9.65. The van der Waals surface area contributed by atoms with Crippen molar-refractivity contribution in [1.29, 1.82) is 0 Å². The number of nitrogens with one attached hydrogen (secondary N) is 1. The Balaban J connectivity index is 0. The Morgan fingerprint density at radius 1 is 1.40 bits per heavy atom. The lowest BCUT2D eigenvalue weighted by molar-refractivity contribution is -0.107. The van der Waals surface area contributed by atoms with Crippen LogP contribution in [0, 0.1) is 0 Å². The summed E-state index contributed by atoms with van der Waals surface area (Å²) in [6.45, 7) is 5.19. The number of carbonyl (C=O) groups is 1. The third kappa shape index (κ3) is 25.5. The molecule has 0 saturated carbocycles. The molecule has 2 nitrogen and oxygen atoms in total. The number of aldehydes is 1. The Bertz CT molecular complexity index is 55.2. The molecule has 0 amide bonds. The zero-order chi connectivity index (χ0) is 8.24. The fourth-order valence-corrected chi connectivity index (χ4v) is 0.362. The van der Waals surface area contributed by atoms with Crippen LogP contribution in [-0.2, 0) is 4.79 Å². The second-order valence-corrected chi connectivity index (χ2v) is 2.12. The summed E-state index contributed by atoms with van der Waals surface area (Å²) in [7, 11) is 1.88. The Morgan fingerprint density at radius 3 is 2.20 bits per heavy atom. The van der Waals surface area contributed by atoms with Crippen molar-refractivity contribution in [3.05, 3.63) is 0 Å². The minimum atomic E-state index is 0.681. The highest BCUT2D eigenvalue weighted by Gasteiger charge is 1.78. The minimum absolute atomic E-state index is 0.681. The van der Waals surface area contributed by atoms with E-state index >= 15 is 0 Å². The van der Waals surface area contributed by atoms with E-state index in [1.165, 1.54) is 6.42 Å². The summed E-state index contributed by atoms with van der Waals surface area (Å²) in [5.74, 6) is 0. The van der Waals surface area contributed by atoms with Gasteiger partial charge in [0.25, 0.3) is 0 Å². The smallest absolute Gasteiger partial charge is 0.120 e.